The molecule has 0 bridgehead atoms. The Bertz CT molecular complexity index is 563. The summed E-state index contributed by atoms with van der Waals surface area (Å²) in [4.78, 5) is 15.8. The Kier molecular flexibility index (Phi) is 6.93. The maximum Gasteiger partial charge on any atom is 0.230 e. The second-order valence-electron chi connectivity index (χ2n) is 4.92. The van der Waals surface area contributed by atoms with Gasteiger partial charge in [0.25, 0.3) is 0 Å². The van der Waals surface area contributed by atoms with Crippen molar-refractivity contribution in [3.63, 3.8) is 0 Å². The van der Waals surface area contributed by atoms with Crippen LogP contribution in [0.5, 0.6) is 0 Å². The number of amides is 1. The maximum atomic E-state index is 11.7. The van der Waals surface area contributed by atoms with Crippen LogP contribution >= 0.6 is 11.8 Å². The van der Waals surface area contributed by atoms with E-state index < -0.39 is 6.10 Å². The number of aliphatic hydroxyl groups excluding tert-OH is 1. The summed E-state index contributed by atoms with van der Waals surface area (Å²) < 4.78 is 0. The summed E-state index contributed by atoms with van der Waals surface area (Å²) in [5, 5.41) is 12.8. The van der Waals surface area contributed by atoms with Crippen molar-refractivity contribution in [3.05, 3.63) is 66.0 Å². The highest BCUT2D eigenvalue weighted by molar-refractivity contribution is 7.99. The molecule has 1 unspecified atom stereocenters. The smallest absolute Gasteiger partial charge is 0.230 e. The Morgan fingerprint density at radius 2 is 2.05 bits per heavy atom. The summed E-state index contributed by atoms with van der Waals surface area (Å²) in [5.74, 6) is 1.18. The van der Waals surface area contributed by atoms with Crippen molar-refractivity contribution < 1.29 is 9.90 Å². The zero-order valence-corrected chi connectivity index (χ0v) is 13.1. The summed E-state index contributed by atoms with van der Waals surface area (Å²) in [7, 11) is 0. The molecule has 1 aromatic carbocycles. The average molecular weight is 316 g/mol. The third-order valence-corrected chi connectivity index (χ3v) is 4.15. The number of carbonyl (C=O) groups excluding carboxylic acids is 1. The first-order valence-electron chi connectivity index (χ1n) is 7.22. The molecule has 2 rings (SSSR count). The van der Waals surface area contributed by atoms with Gasteiger partial charge in [-0.05, 0) is 23.6 Å². The Morgan fingerprint density at radius 3 is 2.77 bits per heavy atom. The normalized spacial score (nSPS) is 11.9. The number of hydrogen-bond donors (Lipinski definition) is 2. The number of pyridine rings is 1. The number of hydrogen-bond acceptors (Lipinski definition) is 4. The predicted octanol–water partition coefficient (Wildman–Crippen LogP) is 2.55. The van der Waals surface area contributed by atoms with Crippen LogP contribution in [0, 0.1) is 0 Å². The van der Waals surface area contributed by atoms with Crippen LogP contribution in [-0.4, -0.2) is 28.3 Å². The first-order chi connectivity index (χ1) is 10.8. The quantitative estimate of drug-likeness (QED) is 0.786. The van der Waals surface area contributed by atoms with E-state index >= 15 is 0 Å². The summed E-state index contributed by atoms with van der Waals surface area (Å²) >= 11 is 1.56. The largest absolute Gasteiger partial charge is 0.388 e. The maximum absolute atomic E-state index is 11.7. The van der Waals surface area contributed by atoms with Gasteiger partial charge in [0, 0.05) is 24.7 Å². The van der Waals surface area contributed by atoms with Crippen molar-refractivity contribution >= 4 is 17.7 Å². The molecule has 1 aromatic heterocycles. The van der Waals surface area contributed by atoms with Gasteiger partial charge < -0.3 is 10.4 Å². The van der Waals surface area contributed by atoms with E-state index in [2.05, 4.69) is 10.3 Å². The lowest BCUT2D eigenvalue weighted by Crippen LogP contribution is -2.27. The molecule has 0 spiro atoms. The van der Waals surface area contributed by atoms with Crippen molar-refractivity contribution in [3.8, 4) is 0 Å². The molecule has 0 saturated heterocycles. The molecule has 1 amide bonds. The number of rotatable bonds is 8. The van der Waals surface area contributed by atoms with Crippen molar-refractivity contribution in [2.45, 2.75) is 18.3 Å². The fourth-order valence-electron chi connectivity index (χ4n) is 1.99. The molecule has 0 fully saturated rings. The monoisotopic (exact) mass is 316 g/mol. The van der Waals surface area contributed by atoms with Crippen LogP contribution in [0.15, 0.2) is 54.9 Å². The van der Waals surface area contributed by atoms with Gasteiger partial charge in [-0.3, -0.25) is 9.78 Å². The van der Waals surface area contributed by atoms with Crippen LogP contribution < -0.4 is 5.32 Å². The van der Waals surface area contributed by atoms with Crippen LogP contribution in [0.25, 0.3) is 0 Å². The van der Waals surface area contributed by atoms with Gasteiger partial charge in [-0.25, -0.2) is 0 Å². The topological polar surface area (TPSA) is 62.2 Å². The third kappa shape index (κ3) is 5.87. The number of benzene rings is 1. The lowest BCUT2D eigenvalue weighted by molar-refractivity contribution is -0.118. The minimum atomic E-state index is -0.537. The van der Waals surface area contributed by atoms with Crippen molar-refractivity contribution in [1.82, 2.24) is 10.3 Å². The number of aromatic nitrogens is 1. The van der Waals surface area contributed by atoms with Crippen LogP contribution in [0.3, 0.4) is 0 Å². The van der Waals surface area contributed by atoms with E-state index in [1.165, 1.54) is 0 Å². The third-order valence-electron chi connectivity index (χ3n) is 3.15. The Hall–Kier alpha value is -1.85. The summed E-state index contributed by atoms with van der Waals surface area (Å²) in [6.45, 7) is 0.475. The molecule has 0 aliphatic rings. The SMILES string of the molecule is O=C(CSCc1cccnc1)NCCC(O)c1ccccc1. The predicted molar refractivity (Wildman–Crippen MR) is 89.4 cm³/mol. The molecule has 1 atom stereocenters. The van der Waals surface area contributed by atoms with E-state index in [-0.39, 0.29) is 5.91 Å². The van der Waals surface area contributed by atoms with Crippen LogP contribution in [-0.2, 0) is 10.5 Å². The molecule has 5 heteroatoms. The first kappa shape index (κ1) is 16.5. The molecular formula is C17H20N2O2S. The minimum Gasteiger partial charge on any atom is -0.388 e. The van der Waals surface area contributed by atoms with Gasteiger partial charge in [0.15, 0.2) is 0 Å². The van der Waals surface area contributed by atoms with Crippen LogP contribution in [0.1, 0.15) is 23.7 Å². The Balaban J connectivity index is 1.60. The Labute approximate surface area is 135 Å². The molecule has 0 aliphatic heterocycles. The van der Waals surface area contributed by atoms with Gasteiger partial charge >= 0.3 is 0 Å². The molecule has 2 aromatic rings. The molecule has 0 aliphatic carbocycles. The van der Waals surface area contributed by atoms with Crippen molar-refractivity contribution in [1.29, 1.82) is 0 Å². The van der Waals surface area contributed by atoms with E-state index in [1.807, 2.05) is 42.5 Å². The van der Waals surface area contributed by atoms with E-state index in [9.17, 15) is 9.90 Å². The number of nitrogens with zero attached hydrogens (tertiary/aromatic N) is 1. The standard InChI is InChI=1S/C17H20N2O2S/c20-16(15-6-2-1-3-7-15)8-10-19-17(21)13-22-12-14-5-4-9-18-11-14/h1-7,9,11,16,20H,8,10,12-13H2,(H,19,21). The van der Waals surface area contributed by atoms with Gasteiger partial charge in [0.2, 0.25) is 5.91 Å². The van der Waals surface area contributed by atoms with Gasteiger partial charge in [-0.1, -0.05) is 36.4 Å². The van der Waals surface area contributed by atoms with E-state index in [1.54, 1.807) is 24.2 Å². The molecule has 116 valence electrons. The fourth-order valence-corrected chi connectivity index (χ4v) is 2.78. The summed E-state index contributed by atoms with van der Waals surface area (Å²) in [6, 6.07) is 13.4. The average Bonchev–Trinajstić information content (AvgIpc) is 2.56. The van der Waals surface area contributed by atoms with Crippen LogP contribution in [0.2, 0.25) is 0 Å². The van der Waals surface area contributed by atoms with Gasteiger partial charge in [0.1, 0.15) is 0 Å². The highest BCUT2D eigenvalue weighted by Crippen LogP contribution is 2.15. The van der Waals surface area contributed by atoms with Gasteiger partial charge in [-0.2, -0.15) is 0 Å². The molecule has 4 nitrogen and oxygen atoms in total. The molecule has 0 radical (unpaired) electrons. The summed E-state index contributed by atoms with van der Waals surface area (Å²) in [5.41, 5.74) is 1.99. The van der Waals surface area contributed by atoms with Gasteiger partial charge in [-0.15, -0.1) is 11.8 Å². The fraction of sp³-hybridized carbons (Fsp3) is 0.294. The van der Waals surface area contributed by atoms with Crippen molar-refractivity contribution in [2.24, 2.45) is 0 Å². The number of thioether (sulfide) groups is 1. The first-order valence-corrected chi connectivity index (χ1v) is 8.37. The zero-order chi connectivity index (χ0) is 15.6. The van der Waals surface area contributed by atoms with E-state index in [4.69, 9.17) is 0 Å². The number of nitrogens with one attached hydrogen (secondary N) is 1. The number of carbonyl (C=O) groups is 1. The number of aliphatic hydroxyl groups is 1. The van der Waals surface area contributed by atoms with E-state index in [0.29, 0.717) is 18.7 Å². The minimum absolute atomic E-state index is 0.00541. The summed E-state index contributed by atoms with van der Waals surface area (Å²) in [6.07, 6.45) is 3.52. The molecule has 0 saturated carbocycles. The second-order valence-corrected chi connectivity index (χ2v) is 5.90. The van der Waals surface area contributed by atoms with E-state index in [0.717, 1.165) is 16.9 Å². The molecular weight excluding hydrogens is 296 g/mol. The molecule has 1 heterocycles. The van der Waals surface area contributed by atoms with Gasteiger partial charge in [0.05, 0.1) is 11.9 Å². The highest BCUT2D eigenvalue weighted by Gasteiger charge is 2.07. The van der Waals surface area contributed by atoms with Crippen molar-refractivity contribution in [2.75, 3.05) is 12.3 Å². The zero-order valence-electron chi connectivity index (χ0n) is 12.3. The molecule has 22 heavy (non-hydrogen) atoms. The van der Waals surface area contributed by atoms with Crippen LogP contribution in [0.4, 0.5) is 0 Å². The second kappa shape index (κ2) is 9.23. The lowest BCUT2D eigenvalue weighted by Gasteiger charge is -2.11. The Morgan fingerprint density at radius 1 is 1.23 bits per heavy atom. The lowest BCUT2D eigenvalue weighted by atomic mass is 10.1. The molecule has 2 N–H and O–H groups in total. The highest BCUT2D eigenvalue weighted by atomic mass is 32.2.